The number of aromatic nitrogens is 2. The molecule has 0 saturated heterocycles. The molecule has 0 bridgehead atoms. The van der Waals surface area contributed by atoms with E-state index in [1.807, 2.05) is 47.2 Å². The van der Waals surface area contributed by atoms with Crippen molar-refractivity contribution in [3.05, 3.63) is 58.9 Å². The second kappa shape index (κ2) is 4.58. The maximum absolute atomic E-state index is 11.1. The van der Waals surface area contributed by atoms with Crippen molar-refractivity contribution < 1.29 is 4.79 Å². The summed E-state index contributed by atoms with van der Waals surface area (Å²) in [5, 5.41) is 8.45. The first kappa shape index (κ1) is 10.9. The molecule has 0 saturated carbocycles. The van der Waals surface area contributed by atoms with Gasteiger partial charge in [-0.2, -0.15) is 16.4 Å². The Morgan fingerprint density at radius 1 is 1.17 bits per heavy atom. The molecule has 0 aliphatic carbocycles. The second-order valence-corrected chi connectivity index (χ2v) is 4.62. The lowest BCUT2D eigenvalue weighted by Gasteiger charge is -1.99. The van der Waals surface area contributed by atoms with Crippen LogP contribution in [0.2, 0.25) is 0 Å². The van der Waals surface area contributed by atoms with Gasteiger partial charge in [0.05, 0.1) is 11.3 Å². The normalized spacial score (nSPS) is 10.4. The number of hydrogen-bond donors (Lipinski definition) is 0. The van der Waals surface area contributed by atoms with Crippen LogP contribution in [0.25, 0.3) is 16.9 Å². The van der Waals surface area contributed by atoms with E-state index in [9.17, 15) is 4.79 Å². The molecule has 0 aliphatic rings. The monoisotopic (exact) mass is 254 g/mol. The van der Waals surface area contributed by atoms with Gasteiger partial charge in [0.25, 0.3) is 0 Å². The molecule has 1 aromatic carbocycles. The zero-order valence-electron chi connectivity index (χ0n) is 9.48. The highest BCUT2D eigenvalue weighted by Gasteiger charge is 2.11. The summed E-state index contributed by atoms with van der Waals surface area (Å²) in [4.78, 5) is 11.1. The van der Waals surface area contributed by atoms with Crippen LogP contribution in [0.1, 0.15) is 10.4 Å². The number of para-hydroxylation sites is 1. The first-order valence-electron chi connectivity index (χ1n) is 5.51. The first-order valence-corrected chi connectivity index (χ1v) is 6.45. The highest BCUT2D eigenvalue weighted by atomic mass is 32.1. The van der Waals surface area contributed by atoms with E-state index in [-0.39, 0.29) is 0 Å². The molecule has 0 amide bonds. The minimum absolute atomic E-state index is 0.609. The second-order valence-electron chi connectivity index (χ2n) is 3.84. The summed E-state index contributed by atoms with van der Waals surface area (Å²) in [6.45, 7) is 0. The molecule has 2 heterocycles. The smallest absolute Gasteiger partial charge is 0.153 e. The van der Waals surface area contributed by atoms with E-state index in [1.165, 1.54) is 0 Å². The number of aldehydes is 1. The quantitative estimate of drug-likeness (QED) is 0.671. The van der Waals surface area contributed by atoms with Gasteiger partial charge in [-0.1, -0.05) is 18.2 Å². The number of hydrogen-bond acceptors (Lipinski definition) is 3. The summed E-state index contributed by atoms with van der Waals surface area (Å²) >= 11 is 1.59. The van der Waals surface area contributed by atoms with Gasteiger partial charge in [-0.3, -0.25) is 4.79 Å². The average molecular weight is 254 g/mol. The number of nitrogens with zero attached hydrogens (tertiary/aromatic N) is 2. The van der Waals surface area contributed by atoms with Crippen LogP contribution < -0.4 is 0 Å². The Balaban J connectivity index is 2.12. The number of rotatable bonds is 3. The zero-order chi connectivity index (χ0) is 12.4. The van der Waals surface area contributed by atoms with Gasteiger partial charge in [0.15, 0.2) is 6.29 Å². The summed E-state index contributed by atoms with van der Waals surface area (Å²) in [5.41, 5.74) is 3.27. The third kappa shape index (κ3) is 1.87. The topological polar surface area (TPSA) is 34.9 Å². The van der Waals surface area contributed by atoms with Crippen molar-refractivity contribution in [1.29, 1.82) is 0 Å². The Labute approximate surface area is 108 Å². The third-order valence-corrected chi connectivity index (χ3v) is 3.37. The van der Waals surface area contributed by atoms with Crippen molar-refractivity contribution in [2.75, 3.05) is 0 Å². The third-order valence-electron chi connectivity index (χ3n) is 2.68. The van der Waals surface area contributed by atoms with Crippen LogP contribution in [-0.4, -0.2) is 16.1 Å². The Kier molecular flexibility index (Phi) is 2.78. The molecular formula is C14H10N2OS. The van der Waals surface area contributed by atoms with Crippen LogP contribution in [-0.2, 0) is 0 Å². The lowest BCUT2D eigenvalue weighted by atomic mass is 10.2. The van der Waals surface area contributed by atoms with Gasteiger partial charge >= 0.3 is 0 Å². The van der Waals surface area contributed by atoms with Crippen LogP contribution >= 0.6 is 11.3 Å². The summed E-state index contributed by atoms with van der Waals surface area (Å²) in [6, 6.07) is 11.7. The summed E-state index contributed by atoms with van der Waals surface area (Å²) in [7, 11) is 0. The molecule has 0 N–H and O–H groups in total. The molecule has 2 aromatic heterocycles. The van der Waals surface area contributed by atoms with Gasteiger partial charge in [0.1, 0.15) is 5.69 Å². The zero-order valence-corrected chi connectivity index (χ0v) is 10.3. The molecule has 3 aromatic rings. The van der Waals surface area contributed by atoms with Crippen LogP contribution in [0, 0.1) is 0 Å². The van der Waals surface area contributed by atoms with Crippen LogP contribution in [0.4, 0.5) is 0 Å². The Bertz CT molecular complexity index is 656. The number of carbonyl (C=O) groups is 1. The molecule has 0 unspecified atom stereocenters. The lowest BCUT2D eigenvalue weighted by Crippen LogP contribution is -1.93. The van der Waals surface area contributed by atoms with Gasteiger partial charge in [0, 0.05) is 17.1 Å². The highest BCUT2D eigenvalue weighted by Crippen LogP contribution is 2.24. The van der Waals surface area contributed by atoms with E-state index < -0.39 is 0 Å². The van der Waals surface area contributed by atoms with Crippen molar-refractivity contribution in [3.8, 4) is 16.9 Å². The van der Waals surface area contributed by atoms with Crippen LogP contribution in [0.15, 0.2) is 53.4 Å². The number of carbonyl (C=O) groups excluding carboxylic acids is 1. The van der Waals surface area contributed by atoms with Crippen molar-refractivity contribution in [2.24, 2.45) is 0 Å². The molecule has 0 atom stereocenters. The number of benzene rings is 1. The molecule has 0 aliphatic heterocycles. The Hall–Kier alpha value is -2.20. The first-order chi connectivity index (χ1) is 8.88. The van der Waals surface area contributed by atoms with Crippen molar-refractivity contribution in [1.82, 2.24) is 9.78 Å². The fourth-order valence-corrected chi connectivity index (χ4v) is 2.45. The van der Waals surface area contributed by atoms with Gasteiger partial charge in [-0.15, -0.1) is 0 Å². The predicted octanol–water partition coefficient (Wildman–Crippen LogP) is 3.41. The Morgan fingerprint density at radius 2 is 2.00 bits per heavy atom. The molecular weight excluding hydrogens is 244 g/mol. The fourth-order valence-electron chi connectivity index (χ4n) is 1.81. The molecule has 0 radical (unpaired) electrons. The fraction of sp³-hybridized carbons (Fsp3) is 0. The SMILES string of the molecule is O=Cc1cn(-c2ccccc2)nc1-c1ccsc1. The van der Waals surface area contributed by atoms with Crippen LogP contribution in [0.5, 0.6) is 0 Å². The molecule has 3 rings (SSSR count). The minimum Gasteiger partial charge on any atom is -0.298 e. The van der Waals surface area contributed by atoms with Crippen LogP contribution in [0.3, 0.4) is 0 Å². The van der Waals surface area contributed by atoms with E-state index in [0.29, 0.717) is 5.56 Å². The van der Waals surface area contributed by atoms with Gasteiger partial charge in [-0.25, -0.2) is 4.68 Å². The van der Waals surface area contributed by atoms with E-state index in [2.05, 4.69) is 5.10 Å². The van der Waals surface area contributed by atoms with E-state index in [0.717, 1.165) is 23.2 Å². The Morgan fingerprint density at radius 3 is 2.67 bits per heavy atom. The minimum atomic E-state index is 0.609. The maximum Gasteiger partial charge on any atom is 0.153 e. The largest absolute Gasteiger partial charge is 0.298 e. The molecule has 0 fully saturated rings. The molecule has 88 valence electrons. The number of thiophene rings is 1. The molecule has 4 heteroatoms. The molecule has 18 heavy (non-hydrogen) atoms. The van der Waals surface area contributed by atoms with Gasteiger partial charge < -0.3 is 0 Å². The van der Waals surface area contributed by atoms with E-state index in [4.69, 9.17) is 0 Å². The standard InChI is InChI=1S/C14H10N2OS/c17-9-12-8-16(13-4-2-1-3-5-13)15-14(12)11-6-7-18-10-11/h1-10H. The van der Waals surface area contributed by atoms with Crippen molar-refractivity contribution in [3.63, 3.8) is 0 Å². The van der Waals surface area contributed by atoms with Gasteiger partial charge in [-0.05, 0) is 23.6 Å². The predicted molar refractivity (Wildman–Crippen MR) is 72.3 cm³/mol. The van der Waals surface area contributed by atoms with Crippen molar-refractivity contribution in [2.45, 2.75) is 0 Å². The van der Waals surface area contributed by atoms with Gasteiger partial charge in [0.2, 0.25) is 0 Å². The summed E-state index contributed by atoms with van der Waals surface area (Å²) < 4.78 is 1.73. The van der Waals surface area contributed by atoms with Crippen molar-refractivity contribution >= 4 is 17.6 Å². The lowest BCUT2D eigenvalue weighted by molar-refractivity contribution is 0.112. The average Bonchev–Trinajstić information content (AvgIpc) is 3.08. The summed E-state index contributed by atoms with van der Waals surface area (Å²) in [5.74, 6) is 0. The highest BCUT2D eigenvalue weighted by molar-refractivity contribution is 7.08. The summed E-state index contributed by atoms with van der Waals surface area (Å²) in [6.07, 6.45) is 2.61. The van der Waals surface area contributed by atoms with E-state index >= 15 is 0 Å². The molecule has 3 nitrogen and oxygen atoms in total. The maximum atomic E-state index is 11.1. The molecule has 0 spiro atoms. The van der Waals surface area contributed by atoms with E-state index in [1.54, 1.807) is 22.2 Å².